The molecule has 0 spiro atoms. The predicted octanol–water partition coefficient (Wildman–Crippen LogP) is -0.115. The molecule has 0 aromatic carbocycles. The van der Waals surface area contributed by atoms with Crippen molar-refractivity contribution in [3.05, 3.63) is 31.1 Å². The van der Waals surface area contributed by atoms with Gasteiger partial charge in [-0.2, -0.15) is 0 Å². The molecular formula is C15H16N4O5. The summed E-state index contributed by atoms with van der Waals surface area (Å²) in [5.41, 5.74) is 7.94. The molecule has 4 unspecified atom stereocenters. The number of nitrogens with two attached hydrogens (primary N) is 1. The average molecular weight is 332 g/mol. The highest BCUT2D eigenvalue weighted by molar-refractivity contribution is 6.00. The molecule has 9 heteroatoms. The normalized spacial score (nSPS) is 27.1. The Kier molecular flexibility index (Phi) is 3.50. The summed E-state index contributed by atoms with van der Waals surface area (Å²) in [6, 6.07) is 1.77. The number of nitrogen functional groups attached to an aromatic ring is 1. The van der Waals surface area contributed by atoms with Gasteiger partial charge in [-0.25, -0.2) is 9.97 Å². The molecule has 0 aliphatic carbocycles. The lowest BCUT2D eigenvalue weighted by molar-refractivity contribution is -0.0508. The number of hydrogen-bond donors (Lipinski definition) is 4. The number of ether oxygens (including phenoxy) is 1. The Morgan fingerprint density at radius 2 is 2.08 bits per heavy atom. The smallest absolute Gasteiger partial charge is 0.164 e. The molecule has 0 radical (unpaired) electrons. The van der Waals surface area contributed by atoms with E-state index in [4.69, 9.17) is 14.9 Å². The van der Waals surface area contributed by atoms with Crippen LogP contribution in [0.5, 0.6) is 0 Å². The zero-order chi connectivity index (χ0) is 16.8. The van der Waals surface area contributed by atoms with Gasteiger partial charge in [-0.3, -0.25) is 0 Å². The minimum Gasteiger partial charge on any atom is -0.472 e. The Bertz CT molecular complexity index is 862. The van der Waals surface area contributed by atoms with E-state index < -0.39 is 31.1 Å². The van der Waals surface area contributed by atoms with Crippen molar-refractivity contribution in [3.8, 4) is 11.1 Å². The van der Waals surface area contributed by atoms with Gasteiger partial charge in [0.15, 0.2) is 6.23 Å². The third-order valence-electron chi connectivity index (χ3n) is 4.26. The molecule has 4 rings (SSSR count). The lowest BCUT2D eigenvalue weighted by Gasteiger charge is -2.17. The summed E-state index contributed by atoms with van der Waals surface area (Å²) in [5.74, 6) is 0.279. The summed E-state index contributed by atoms with van der Waals surface area (Å²) in [7, 11) is 0. The fourth-order valence-electron chi connectivity index (χ4n) is 3.05. The molecule has 1 saturated heterocycles. The molecule has 0 saturated carbocycles. The van der Waals surface area contributed by atoms with E-state index >= 15 is 0 Å². The first-order valence-electron chi connectivity index (χ1n) is 7.38. The van der Waals surface area contributed by atoms with Crippen molar-refractivity contribution in [1.82, 2.24) is 14.5 Å². The van der Waals surface area contributed by atoms with Crippen LogP contribution in [-0.4, -0.2) is 54.8 Å². The summed E-state index contributed by atoms with van der Waals surface area (Å²) in [6.07, 6.45) is 1.91. The second kappa shape index (κ2) is 5.56. The lowest BCUT2D eigenvalue weighted by atomic mass is 10.1. The van der Waals surface area contributed by atoms with Crippen LogP contribution in [0, 0.1) is 0 Å². The molecule has 126 valence electrons. The maximum Gasteiger partial charge on any atom is 0.164 e. The summed E-state index contributed by atoms with van der Waals surface area (Å²) in [4.78, 5) is 8.25. The van der Waals surface area contributed by atoms with Gasteiger partial charge < -0.3 is 34.8 Å². The van der Waals surface area contributed by atoms with Crippen LogP contribution in [0.4, 0.5) is 5.82 Å². The second-order valence-electron chi connectivity index (χ2n) is 5.65. The number of anilines is 1. The Labute approximate surface area is 135 Å². The van der Waals surface area contributed by atoms with Gasteiger partial charge in [-0.1, -0.05) is 0 Å². The van der Waals surface area contributed by atoms with Crippen LogP contribution in [0.3, 0.4) is 0 Å². The second-order valence-corrected chi connectivity index (χ2v) is 5.65. The van der Waals surface area contributed by atoms with E-state index in [1.54, 1.807) is 23.1 Å². The maximum atomic E-state index is 10.3. The van der Waals surface area contributed by atoms with Gasteiger partial charge in [0.1, 0.15) is 36.1 Å². The lowest BCUT2D eigenvalue weighted by Crippen LogP contribution is -2.33. The van der Waals surface area contributed by atoms with Crippen molar-refractivity contribution in [1.29, 1.82) is 0 Å². The standard InChI is InChI=1S/C15H16N4O5/c16-13-10-8(7-1-2-23-5-7)3-19(14(10)18-6-17-13)15-12(22)11(21)9(4-20)24-15/h1-3,5-6,9,11-12,15,20-22H,4H2,(H2,16,17,18). The van der Waals surface area contributed by atoms with Crippen molar-refractivity contribution in [2.45, 2.75) is 24.5 Å². The van der Waals surface area contributed by atoms with Gasteiger partial charge in [0, 0.05) is 17.3 Å². The number of hydrogen-bond acceptors (Lipinski definition) is 8. The molecule has 0 bridgehead atoms. The maximum absolute atomic E-state index is 10.3. The molecule has 4 heterocycles. The SMILES string of the molecule is Nc1ncnc2c1c(-c1ccoc1)cn2C1OC(CO)C(O)C1O. The third-order valence-corrected chi connectivity index (χ3v) is 4.26. The number of nitrogens with zero attached hydrogens (tertiary/aromatic N) is 3. The molecule has 4 atom stereocenters. The van der Waals surface area contributed by atoms with Gasteiger partial charge in [0.25, 0.3) is 0 Å². The number of aliphatic hydroxyl groups excluding tert-OH is 3. The molecule has 5 N–H and O–H groups in total. The molecule has 3 aromatic rings. The molecule has 0 amide bonds. The van der Waals surface area contributed by atoms with Crippen LogP contribution in [0.15, 0.2) is 35.5 Å². The van der Waals surface area contributed by atoms with E-state index in [1.165, 1.54) is 12.6 Å². The topological polar surface area (TPSA) is 140 Å². The summed E-state index contributed by atoms with van der Waals surface area (Å²) in [5, 5.41) is 30.1. The highest BCUT2D eigenvalue weighted by Gasteiger charge is 2.44. The molecule has 1 aliphatic rings. The quantitative estimate of drug-likeness (QED) is 0.520. The van der Waals surface area contributed by atoms with E-state index in [2.05, 4.69) is 9.97 Å². The van der Waals surface area contributed by atoms with Crippen molar-refractivity contribution in [2.75, 3.05) is 12.3 Å². The minimum atomic E-state index is -1.22. The van der Waals surface area contributed by atoms with Gasteiger partial charge in [-0.15, -0.1) is 0 Å². The number of furan rings is 1. The Balaban J connectivity index is 1.90. The fraction of sp³-hybridized carbons (Fsp3) is 0.333. The van der Waals surface area contributed by atoms with Crippen molar-refractivity contribution in [2.24, 2.45) is 0 Å². The highest BCUT2D eigenvalue weighted by atomic mass is 16.6. The summed E-state index contributed by atoms with van der Waals surface area (Å²) in [6.45, 7) is -0.403. The first kappa shape index (κ1) is 15.1. The van der Waals surface area contributed by atoms with Crippen molar-refractivity contribution >= 4 is 16.9 Å². The minimum absolute atomic E-state index is 0.279. The Morgan fingerprint density at radius 3 is 2.75 bits per heavy atom. The summed E-state index contributed by atoms with van der Waals surface area (Å²) >= 11 is 0. The number of aromatic nitrogens is 3. The third kappa shape index (κ3) is 2.10. The first-order chi connectivity index (χ1) is 11.6. The molecule has 24 heavy (non-hydrogen) atoms. The number of rotatable bonds is 3. The van der Waals surface area contributed by atoms with Gasteiger partial charge >= 0.3 is 0 Å². The Morgan fingerprint density at radius 1 is 1.25 bits per heavy atom. The zero-order valence-corrected chi connectivity index (χ0v) is 12.5. The molecule has 9 nitrogen and oxygen atoms in total. The number of fused-ring (bicyclic) bond motifs is 1. The first-order valence-corrected chi connectivity index (χ1v) is 7.38. The zero-order valence-electron chi connectivity index (χ0n) is 12.5. The van der Waals surface area contributed by atoms with Gasteiger partial charge in [0.2, 0.25) is 0 Å². The average Bonchev–Trinajstić information content (AvgIpc) is 3.28. The van der Waals surface area contributed by atoms with Crippen LogP contribution in [0.1, 0.15) is 6.23 Å². The summed E-state index contributed by atoms with van der Waals surface area (Å²) < 4.78 is 12.3. The largest absolute Gasteiger partial charge is 0.472 e. The van der Waals surface area contributed by atoms with E-state index in [-0.39, 0.29) is 5.82 Å². The van der Waals surface area contributed by atoms with Crippen LogP contribution >= 0.6 is 0 Å². The van der Waals surface area contributed by atoms with Crippen LogP contribution < -0.4 is 5.73 Å². The van der Waals surface area contributed by atoms with Crippen molar-refractivity contribution < 1.29 is 24.5 Å². The van der Waals surface area contributed by atoms with E-state index in [0.717, 1.165) is 11.1 Å². The monoisotopic (exact) mass is 332 g/mol. The number of aliphatic hydroxyl groups is 3. The molecule has 1 fully saturated rings. The predicted molar refractivity (Wildman–Crippen MR) is 82.7 cm³/mol. The fourth-order valence-corrected chi connectivity index (χ4v) is 3.05. The van der Waals surface area contributed by atoms with Crippen LogP contribution in [0.25, 0.3) is 22.2 Å². The van der Waals surface area contributed by atoms with E-state index in [0.29, 0.717) is 11.0 Å². The highest BCUT2D eigenvalue weighted by Crippen LogP contribution is 2.38. The van der Waals surface area contributed by atoms with E-state index in [1.807, 2.05) is 0 Å². The van der Waals surface area contributed by atoms with Gasteiger partial charge in [-0.05, 0) is 6.07 Å². The van der Waals surface area contributed by atoms with Crippen molar-refractivity contribution in [3.63, 3.8) is 0 Å². The molecule has 3 aromatic heterocycles. The van der Waals surface area contributed by atoms with E-state index in [9.17, 15) is 15.3 Å². The molecule has 1 aliphatic heterocycles. The Hall–Kier alpha value is -2.46. The molecular weight excluding hydrogens is 316 g/mol. The van der Waals surface area contributed by atoms with Crippen LogP contribution in [0.2, 0.25) is 0 Å². The van der Waals surface area contributed by atoms with Gasteiger partial charge in [0.05, 0.1) is 24.5 Å². The van der Waals surface area contributed by atoms with Crippen LogP contribution in [-0.2, 0) is 4.74 Å².